The maximum atomic E-state index is 12.3. The summed E-state index contributed by atoms with van der Waals surface area (Å²) in [4.78, 5) is 16.7. The first-order valence-electron chi connectivity index (χ1n) is 8.56. The van der Waals surface area contributed by atoms with Crippen molar-refractivity contribution in [2.75, 3.05) is 32.7 Å². The molecule has 2 rings (SSSR count). The monoisotopic (exact) mass is 297 g/mol. The van der Waals surface area contributed by atoms with E-state index in [1.54, 1.807) is 0 Å². The van der Waals surface area contributed by atoms with Crippen molar-refractivity contribution < 1.29 is 9.90 Å². The van der Waals surface area contributed by atoms with E-state index in [0.717, 1.165) is 39.0 Å². The quantitative estimate of drug-likeness (QED) is 0.830. The summed E-state index contributed by atoms with van der Waals surface area (Å²) in [6.45, 7) is 8.50. The third-order valence-electron chi connectivity index (χ3n) is 5.07. The van der Waals surface area contributed by atoms with Crippen LogP contribution >= 0.6 is 0 Å². The van der Waals surface area contributed by atoms with Gasteiger partial charge in [-0.1, -0.05) is 13.3 Å². The van der Waals surface area contributed by atoms with Crippen LogP contribution in [0, 0.1) is 5.92 Å². The standard InChI is InChI=1S/C16H31N3O2/c1-3-18-9-5-4-8-15(18)11-17-16(21)19-10-6-7-14(12-19)13(2)20/h13-15,20H,3-12H2,1-2H3,(H,17,21). The molecule has 3 atom stereocenters. The zero-order valence-electron chi connectivity index (χ0n) is 13.6. The SMILES string of the molecule is CCN1CCCCC1CNC(=O)N1CCCC(C(C)O)C1. The van der Waals surface area contributed by atoms with Gasteiger partial charge in [0.1, 0.15) is 0 Å². The average molecular weight is 297 g/mol. The third-order valence-corrected chi connectivity index (χ3v) is 5.07. The first-order valence-corrected chi connectivity index (χ1v) is 8.56. The number of carbonyl (C=O) groups excluding carboxylic acids is 1. The summed E-state index contributed by atoms with van der Waals surface area (Å²) in [5.41, 5.74) is 0. The number of hydrogen-bond donors (Lipinski definition) is 2. The molecule has 2 N–H and O–H groups in total. The Morgan fingerprint density at radius 1 is 1.29 bits per heavy atom. The Labute approximate surface area is 128 Å². The van der Waals surface area contributed by atoms with Gasteiger partial charge in [-0.2, -0.15) is 0 Å². The fraction of sp³-hybridized carbons (Fsp3) is 0.938. The average Bonchev–Trinajstić information content (AvgIpc) is 2.52. The van der Waals surface area contributed by atoms with Gasteiger partial charge in [-0.25, -0.2) is 4.79 Å². The maximum absolute atomic E-state index is 12.3. The van der Waals surface area contributed by atoms with Crippen molar-refractivity contribution in [2.24, 2.45) is 5.92 Å². The van der Waals surface area contributed by atoms with Crippen LogP contribution in [0.3, 0.4) is 0 Å². The lowest BCUT2D eigenvalue weighted by Gasteiger charge is -2.37. The number of aliphatic hydroxyl groups excluding tert-OH is 1. The Hall–Kier alpha value is -0.810. The van der Waals surface area contributed by atoms with Crippen molar-refractivity contribution in [2.45, 2.75) is 58.1 Å². The van der Waals surface area contributed by atoms with Crippen molar-refractivity contribution in [1.29, 1.82) is 0 Å². The van der Waals surface area contributed by atoms with Crippen LogP contribution in [0.1, 0.15) is 46.0 Å². The molecule has 0 radical (unpaired) electrons. The van der Waals surface area contributed by atoms with Crippen LogP contribution in [-0.4, -0.2) is 65.8 Å². The van der Waals surface area contributed by atoms with E-state index in [0.29, 0.717) is 12.6 Å². The van der Waals surface area contributed by atoms with E-state index in [-0.39, 0.29) is 18.1 Å². The summed E-state index contributed by atoms with van der Waals surface area (Å²) in [7, 11) is 0. The Bertz CT molecular complexity index is 335. The predicted molar refractivity (Wildman–Crippen MR) is 84.3 cm³/mol. The Morgan fingerprint density at radius 3 is 2.81 bits per heavy atom. The minimum Gasteiger partial charge on any atom is -0.393 e. The van der Waals surface area contributed by atoms with E-state index in [1.165, 1.54) is 19.3 Å². The molecule has 2 fully saturated rings. The first-order chi connectivity index (χ1) is 10.1. The molecule has 0 aromatic carbocycles. The molecular formula is C16H31N3O2. The number of urea groups is 1. The highest BCUT2D eigenvalue weighted by Gasteiger charge is 2.27. The second-order valence-electron chi connectivity index (χ2n) is 6.55. The molecule has 0 bridgehead atoms. The van der Waals surface area contributed by atoms with Gasteiger partial charge in [0.05, 0.1) is 6.10 Å². The molecule has 2 amide bonds. The van der Waals surface area contributed by atoms with E-state index < -0.39 is 0 Å². The lowest BCUT2D eigenvalue weighted by molar-refractivity contribution is 0.0728. The Morgan fingerprint density at radius 2 is 2.10 bits per heavy atom. The van der Waals surface area contributed by atoms with Crippen LogP contribution in [0.4, 0.5) is 4.79 Å². The zero-order chi connectivity index (χ0) is 15.2. The fourth-order valence-corrected chi connectivity index (χ4v) is 3.61. The molecule has 122 valence electrons. The number of rotatable bonds is 4. The van der Waals surface area contributed by atoms with Gasteiger partial charge >= 0.3 is 6.03 Å². The minimum atomic E-state index is -0.325. The van der Waals surface area contributed by atoms with Crippen molar-refractivity contribution in [3.8, 4) is 0 Å². The summed E-state index contributed by atoms with van der Waals surface area (Å²) < 4.78 is 0. The van der Waals surface area contributed by atoms with Crippen LogP contribution in [0.5, 0.6) is 0 Å². The van der Waals surface area contributed by atoms with E-state index in [9.17, 15) is 9.90 Å². The molecule has 0 saturated carbocycles. The molecule has 2 saturated heterocycles. The number of likely N-dealkylation sites (N-methyl/N-ethyl adjacent to an activating group) is 1. The fourth-order valence-electron chi connectivity index (χ4n) is 3.61. The molecule has 2 aliphatic heterocycles. The van der Waals surface area contributed by atoms with Gasteiger partial charge < -0.3 is 15.3 Å². The van der Waals surface area contributed by atoms with Gasteiger partial charge in [-0.15, -0.1) is 0 Å². The number of likely N-dealkylation sites (tertiary alicyclic amines) is 2. The van der Waals surface area contributed by atoms with E-state index in [4.69, 9.17) is 0 Å². The van der Waals surface area contributed by atoms with Crippen LogP contribution in [0.25, 0.3) is 0 Å². The Kier molecular flexibility index (Phi) is 6.30. The van der Waals surface area contributed by atoms with E-state index >= 15 is 0 Å². The van der Waals surface area contributed by atoms with Crippen LogP contribution in [-0.2, 0) is 0 Å². The third kappa shape index (κ3) is 4.58. The van der Waals surface area contributed by atoms with E-state index in [2.05, 4.69) is 17.1 Å². The molecule has 21 heavy (non-hydrogen) atoms. The molecule has 5 heteroatoms. The summed E-state index contributed by atoms with van der Waals surface area (Å²) >= 11 is 0. The smallest absolute Gasteiger partial charge is 0.317 e. The van der Waals surface area contributed by atoms with Gasteiger partial charge in [0.25, 0.3) is 0 Å². The van der Waals surface area contributed by atoms with Gasteiger partial charge in [0, 0.05) is 31.6 Å². The highest BCUT2D eigenvalue weighted by Crippen LogP contribution is 2.20. The summed E-state index contributed by atoms with van der Waals surface area (Å²) in [6, 6.07) is 0.534. The van der Waals surface area contributed by atoms with Crippen LogP contribution < -0.4 is 5.32 Å². The molecular weight excluding hydrogens is 266 g/mol. The van der Waals surface area contributed by atoms with Crippen molar-refractivity contribution in [3.05, 3.63) is 0 Å². The van der Waals surface area contributed by atoms with Gasteiger partial charge in [0.15, 0.2) is 0 Å². The number of amides is 2. The van der Waals surface area contributed by atoms with Crippen molar-refractivity contribution >= 4 is 6.03 Å². The topological polar surface area (TPSA) is 55.8 Å². The predicted octanol–water partition coefficient (Wildman–Crippen LogP) is 1.66. The van der Waals surface area contributed by atoms with Crippen molar-refractivity contribution in [3.63, 3.8) is 0 Å². The number of nitrogens with one attached hydrogen (secondary N) is 1. The lowest BCUT2D eigenvalue weighted by atomic mass is 9.94. The molecule has 2 heterocycles. The minimum absolute atomic E-state index is 0.0435. The highest BCUT2D eigenvalue weighted by molar-refractivity contribution is 5.74. The zero-order valence-corrected chi connectivity index (χ0v) is 13.6. The summed E-state index contributed by atoms with van der Waals surface area (Å²) in [6.07, 6.45) is 5.42. The molecule has 0 aromatic heterocycles. The Balaban J connectivity index is 1.78. The van der Waals surface area contributed by atoms with E-state index in [1.807, 2.05) is 11.8 Å². The molecule has 3 unspecified atom stereocenters. The maximum Gasteiger partial charge on any atom is 0.317 e. The number of nitrogens with zero attached hydrogens (tertiary/aromatic N) is 2. The number of piperidine rings is 2. The molecule has 0 aliphatic carbocycles. The molecule has 5 nitrogen and oxygen atoms in total. The number of aliphatic hydroxyl groups is 1. The van der Waals surface area contributed by atoms with Crippen molar-refractivity contribution in [1.82, 2.24) is 15.1 Å². The molecule has 0 spiro atoms. The summed E-state index contributed by atoms with van der Waals surface area (Å²) in [5, 5.41) is 12.8. The molecule has 2 aliphatic rings. The first kappa shape index (κ1) is 16.6. The number of hydrogen-bond acceptors (Lipinski definition) is 3. The van der Waals surface area contributed by atoms with Gasteiger partial charge in [-0.3, -0.25) is 4.90 Å². The summed E-state index contributed by atoms with van der Waals surface area (Å²) in [5.74, 6) is 0.228. The number of carbonyl (C=O) groups is 1. The second-order valence-corrected chi connectivity index (χ2v) is 6.55. The van der Waals surface area contributed by atoms with Gasteiger partial charge in [-0.05, 0) is 45.7 Å². The normalized spacial score (nSPS) is 29.2. The lowest BCUT2D eigenvalue weighted by Crippen LogP contribution is -2.51. The largest absolute Gasteiger partial charge is 0.393 e. The van der Waals surface area contributed by atoms with Gasteiger partial charge in [0.2, 0.25) is 0 Å². The highest BCUT2D eigenvalue weighted by atomic mass is 16.3. The second kappa shape index (κ2) is 7.99. The molecule has 0 aromatic rings. The van der Waals surface area contributed by atoms with Crippen LogP contribution in [0.2, 0.25) is 0 Å². The van der Waals surface area contributed by atoms with Crippen LogP contribution in [0.15, 0.2) is 0 Å².